The number of hydrogen-bond donors (Lipinski definition) is 1. The van der Waals surface area contributed by atoms with Crippen molar-refractivity contribution in [1.29, 1.82) is 0 Å². The number of unbranched alkanes of at least 4 members (excludes halogenated alkanes) is 5. The predicted molar refractivity (Wildman–Crippen MR) is 128 cm³/mol. The number of rotatable bonds is 11. The quantitative estimate of drug-likeness (QED) is 0.313. The molecule has 6 nitrogen and oxygen atoms in total. The van der Waals surface area contributed by atoms with Crippen LogP contribution in [0.5, 0.6) is 17.2 Å². The predicted octanol–water partition coefficient (Wildman–Crippen LogP) is 6.38. The minimum atomic E-state index is -0.395. The number of benzene rings is 2. The molecule has 3 rings (SSSR count). The third-order valence-corrected chi connectivity index (χ3v) is 6.01. The van der Waals surface area contributed by atoms with Crippen molar-refractivity contribution < 1.29 is 24.2 Å². The topological polar surface area (TPSA) is 76.1 Å². The van der Waals surface area contributed by atoms with Crippen LogP contribution in [0.2, 0.25) is 0 Å². The number of nitrogens with zero attached hydrogens (tertiary/aromatic N) is 1. The van der Waals surface area contributed by atoms with E-state index in [1.165, 1.54) is 49.9 Å². The van der Waals surface area contributed by atoms with Gasteiger partial charge in [-0.25, -0.2) is 4.90 Å². The lowest BCUT2D eigenvalue weighted by molar-refractivity contribution is -0.113. The number of hydrogen-bond acceptors (Lipinski definition) is 6. The van der Waals surface area contributed by atoms with Crippen LogP contribution in [-0.2, 0) is 4.79 Å². The summed E-state index contributed by atoms with van der Waals surface area (Å²) in [6.45, 7) is 2.84. The van der Waals surface area contributed by atoms with Crippen molar-refractivity contribution in [3.8, 4) is 17.2 Å². The summed E-state index contributed by atoms with van der Waals surface area (Å²) in [6, 6.07) is 11.4. The summed E-state index contributed by atoms with van der Waals surface area (Å²) in [5.41, 5.74) is 1.16. The normalized spacial score (nSPS) is 14.9. The number of ether oxygens (including phenoxy) is 2. The molecule has 7 heteroatoms. The van der Waals surface area contributed by atoms with E-state index in [0.29, 0.717) is 28.7 Å². The fourth-order valence-electron chi connectivity index (χ4n) is 3.40. The Labute approximate surface area is 193 Å². The standard InChI is InChI=1S/C25H29NO5S/c1-3-4-5-6-7-8-15-31-21-14-9-18(16-22(21)30-2)17-23-24(28)26(25(29)32-23)19-10-12-20(27)13-11-19/h9-14,16-17,27H,3-8,15H2,1-2H3/b23-17-. The molecule has 2 aromatic carbocycles. The number of phenols is 1. The second-order valence-corrected chi connectivity index (χ2v) is 8.55. The van der Waals surface area contributed by atoms with Gasteiger partial charge >= 0.3 is 0 Å². The molecule has 1 heterocycles. The van der Waals surface area contributed by atoms with Crippen LogP contribution in [-0.4, -0.2) is 30.0 Å². The van der Waals surface area contributed by atoms with Crippen LogP contribution in [0.1, 0.15) is 51.0 Å². The van der Waals surface area contributed by atoms with Crippen LogP contribution in [0.15, 0.2) is 47.4 Å². The van der Waals surface area contributed by atoms with E-state index in [9.17, 15) is 14.7 Å². The average Bonchev–Trinajstić information content (AvgIpc) is 3.07. The van der Waals surface area contributed by atoms with Crippen LogP contribution in [0.25, 0.3) is 6.08 Å². The van der Waals surface area contributed by atoms with E-state index in [-0.39, 0.29) is 11.0 Å². The van der Waals surface area contributed by atoms with Gasteiger partial charge < -0.3 is 14.6 Å². The maximum Gasteiger partial charge on any atom is 0.298 e. The maximum atomic E-state index is 12.8. The summed E-state index contributed by atoms with van der Waals surface area (Å²) in [6.07, 6.45) is 8.84. The fraction of sp³-hybridized carbons (Fsp3) is 0.360. The number of methoxy groups -OCH3 is 1. The van der Waals surface area contributed by atoms with E-state index in [1.54, 1.807) is 19.3 Å². The first-order valence-corrected chi connectivity index (χ1v) is 11.7. The van der Waals surface area contributed by atoms with Gasteiger partial charge in [0.2, 0.25) is 0 Å². The van der Waals surface area contributed by atoms with E-state index in [1.807, 2.05) is 12.1 Å². The molecule has 2 amide bonds. The molecule has 2 aromatic rings. The van der Waals surface area contributed by atoms with Crippen LogP contribution in [0.3, 0.4) is 0 Å². The highest BCUT2D eigenvalue weighted by molar-refractivity contribution is 8.19. The molecular weight excluding hydrogens is 426 g/mol. The highest BCUT2D eigenvalue weighted by Crippen LogP contribution is 2.37. The number of carbonyl (C=O) groups excluding carboxylic acids is 2. The van der Waals surface area contributed by atoms with E-state index in [2.05, 4.69) is 6.92 Å². The van der Waals surface area contributed by atoms with Gasteiger partial charge in [0, 0.05) is 0 Å². The zero-order valence-corrected chi connectivity index (χ0v) is 19.3. The Morgan fingerprint density at radius 3 is 2.41 bits per heavy atom. The second-order valence-electron chi connectivity index (χ2n) is 7.56. The minimum Gasteiger partial charge on any atom is -0.508 e. The smallest absolute Gasteiger partial charge is 0.298 e. The number of anilines is 1. The van der Waals surface area contributed by atoms with Crippen LogP contribution >= 0.6 is 11.8 Å². The van der Waals surface area contributed by atoms with Crippen molar-refractivity contribution >= 4 is 34.7 Å². The number of thioether (sulfide) groups is 1. The summed E-state index contributed by atoms with van der Waals surface area (Å²) in [7, 11) is 1.58. The zero-order chi connectivity index (χ0) is 22.9. The Morgan fingerprint density at radius 1 is 0.969 bits per heavy atom. The third kappa shape index (κ3) is 6.07. The molecule has 0 unspecified atom stereocenters. The van der Waals surface area contributed by atoms with Crippen molar-refractivity contribution in [2.24, 2.45) is 0 Å². The van der Waals surface area contributed by atoms with Crippen LogP contribution in [0, 0.1) is 0 Å². The number of aromatic hydroxyl groups is 1. The molecule has 1 aliphatic heterocycles. The molecule has 0 saturated carbocycles. The Kier molecular flexibility index (Phi) is 8.62. The largest absolute Gasteiger partial charge is 0.508 e. The molecule has 32 heavy (non-hydrogen) atoms. The van der Waals surface area contributed by atoms with Gasteiger partial charge in [-0.1, -0.05) is 45.1 Å². The molecule has 1 aliphatic rings. The lowest BCUT2D eigenvalue weighted by Crippen LogP contribution is -2.27. The van der Waals surface area contributed by atoms with E-state index >= 15 is 0 Å². The number of imide groups is 1. The lowest BCUT2D eigenvalue weighted by Gasteiger charge is -2.12. The van der Waals surface area contributed by atoms with Gasteiger partial charge in [0.05, 0.1) is 24.3 Å². The Hall–Kier alpha value is -2.93. The number of amides is 2. The number of carbonyl (C=O) groups is 2. The molecular formula is C25H29NO5S. The first-order valence-electron chi connectivity index (χ1n) is 10.9. The summed E-state index contributed by atoms with van der Waals surface area (Å²) in [4.78, 5) is 26.6. The minimum absolute atomic E-state index is 0.0714. The molecule has 0 aromatic heterocycles. The Bertz CT molecular complexity index is 971. The molecule has 1 N–H and O–H groups in total. The summed E-state index contributed by atoms with van der Waals surface area (Å²) in [5.74, 6) is 0.924. The van der Waals surface area contributed by atoms with E-state index < -0.39 is 5.91 Å². The maximum absolute atomic E-state index is 12.8. The lowest BCUT2D eigenvalue weighted by atomic mass is 10.1. The van der Waals surface area contributed by atoms with Crippen molar-refractivity contribution in [2.45, 2.75) is 45.4 Å². The highest BCUT2D eigenvalue weighted by atomic mass is 32.2. The van der Waals surface area contributed by atoms with E-state index in [0.717, 1.165) is 35.1 Å². The van der Waals surface area contributed by atoms with Gasteiger partial charge in [0.25, 0.3) is 11.1 Å². The molecule has 0 bridgehead atoms. The Morgan fingerprint density at radius 2 is 1.69 bits per heavy atom. The first kappa shape index (κ1) is 23.7. The molecule has 0 aliphatic carbocycles. The Balaban J connectivity index is 1.64. The van der Waals surface area contributed by atoms with Gasteiger partial charge in [-0.3, -0.25) is 9.59 Å². The zero-order valence-electron chi connectivity index (χ0n) is 18.5. The van der Waals surface area contributed by atoms with Crippen LogP contribution in [0.4, 0.5) is 10.5 Å². The van der Waals surface area contributed by atoms with Gasteiger partial charge in [0.1, 0.15) is 5.75 Å². The van der Waals surface area contributed by atoms with Crippen molar-refractivity contribution in [3.05, 3.63) is 52.9 Å². The molecule has 0 spiro atoms. The van der Waals surface area contributed by atoms with Crippen molar-refractivity contribution in [1.82, 2.24) is 0 Å². The first-order chi connectivity index (χ1) is 15.5. The SMILES string of the molecule is CCCCCCCCOc1ccc(/C=C2\SC(=O)N(c3ccc(O)cc3)C2=O)cc1OC. The summed E-state index contributed by atoms with van der Waals surface area (Å²) >= 11 is 0.882. The molecule has 0 atom stereocenters. The molecule has 1 saturated heterocycles. The van der Waals surface area contributed by atoms with Crippen LogP contribution < -0.4 is 14.4 Å². The van der Waals surface area contributed by atoms with Crippen molar-refractivity contribution in [3.63, 3.8) is 0 Å². The average molecular weight is 456 g/mol. The van der Waals surface area contributed by atoms with Gasteiger partial charge in [0.15, 0.2) is 11.5 Å². The fourth-order valence-corrected chi connectivity index (χ4v) is 4.24. The van der Waals surface area contributed by atoms with E-state index in [4.69, 9.17) is 9.47 Å². The van der Waals surface area contributed by atoms with Gasteiger partial charge in [-0.05, 0) is 66.2 Å². The molecule has 0 radical (unpaired) electrons. The monoisotopic (exact) mass is 455 g/mol. The third-order valence-electron chi connectivity index (χ3n) is 5.14. The summed E-state index contributed by atoms with van der Waals surface area (Å²) in [5, 5.41) is 9.06. The number of phenolic OH excluding ortho intramolecular Hbond substituents is 1. The molecule has 170 valence electrons. The highest BCUT2D eigenvalue weighted by Gasteiger charge is 2.36. The second kappa shape index (κ2) is 11.6. The molecule has 1 fully saturated rings. The van der Waals surface area contributed by atoms with Gasteiger partial charge in [-0.2, -0.15) is 0 Å². The van der Waals surface area contributed by atoms with Gasteiger partial charge in [-0.15, -0.1) is 0 Å². The van der Waals surface area contributed by atoms with Crippen molar-refractivity contribution in [2.75, 3.05) is 18.6 Å². The summed E-state index contributed by atoms with van der Waals surface area (Å²) < 4.78 is 11.3.